The monoisotopic (exact) mass is 595 g/mol. The first kappa shape index (κ1) is 27.1. The minimum absolute atomic E-state index is 0.720. The lowest BCUT2D eigenvalue weighted by molar-refractivity contribution is 1.11. The highest BCUT2D eigenvalue weighted by Crippen LogP contribution is 2.40. The zero-order chi connectivity index (χ0) is 30.2. The van der Waals surface area contributed by atoms with E-state index in [-0.39, 0.29) is 0 Å². The van der Waals surface area contributed by atoms with Crippen LogP contribution in [-0.2, 0) is 6.42 Å². The molecule has 8 rings (SSSR count). The van der Waals surface area contributed by atoms with Crippen molar-refractivity contribution >= 4 is 32.3 Å². The summed E-state index contributed by atoms with van der Waals surface area (Å²) in [4.78, 5) is 14.8. The molecule has 0 spiro atoms. The maximum Gasteiger partial charge on any atom is 0.160 e. The SMILES string of the molecule is CCc1nc2ccc(-c3c(-c4ccc(-c5cc(-c6ccccc6)nc(-c6ccccc6)n5)cc4)ccc4ccccc34)cc2s1. The zero-order valence-electron chi connectivity index (χ0n) is 24.8. The summed E-state index contributed by atoms with van der Waals surface area (Å²) in [6.07, 6.45) is 0.951. The molecule has 8 aromatic rings. The van der Waals surface area contributed by atoms with Crippen LogP contribution in [0.3, 0.4) is 0 Å². The minimum Gasteiger partial charge on any atom is -0.241 e. The van der Waals surface area contributed by atoms with E-state index in [4.69, 9.17) is 15.0 Å². The summed E-state index contributed by atoms with van der Waals surface area (Å²) in [6, 6.07) is 51.2. The lowest BCUT2D eigenvalue weighted by Crippen LogP contribution is -1.96. The van der Waals surface area contributed by atoms with Gasteiger partial charge in [-0.1, -0.05) is 134 Å². The number of rotatable bonds is 6. The number of fused-ring (bicyclic) bond motifs is 2. The molecule has 0 N–H and O–H groups in total. The van der Waals surface area contributed by atoms with Gasteiger partial charge in [0.05, 0.1) is 26.6 Å². The van der Waals surface area contributed by atoms with Gasteiger partial charge >= 0.3 is 0 Å². The summed E-state index contributed by atoms with van der Waals surface area (Å²) in [5, 5.41) is 3.65. The highest BCUT2D eigenvalue weighted by Gasteiger charge is 2.15. The zero-order valence-corrected chi connectivity index (χ0v) is 25.6. The largest absolute Gasteiger partial charge is 0.241 e. The maximum atomic E-state index is 5.03. The second-order valence-corrected chi connectivity index (χ2v) is 12.2. The van der Waals surface area contributed by atoms with Crippen LogP contribution >= 0.6 is 11.3 Å². The topological polar surface area (TPSA) is 38.7 Å². The first-order chi connectivity index (χ1) is 22.2. The molecule has 0 aliphatic heterocycles. The molecule has 0 amide bonds. The molecule has 0 aliphatic carbocycles. The fraction of sp³-hybridized carbons (Fsp3) is 0.0488. The van der Waals surface area contributed by atoms with Crippen molar-refractivity contribution in [1.82, 2.24) is 15.0 Å². The van der Waals surface area contributed by atoms with E-state index >= 15 is 0 Å². The fourth-order valence-electron chi connectivity index (χ4n) is 5.99. The van der Waals surface area contributed by atoms with Crippen molar-refractivity contribution in [2.24, 2.45) is 0 Å². The third-order valence-corrected chi connectivity index (χ3v) is 9.43. The van der Waals surface area contributed by atoms with Crippen molar-refractivity contribution in [3.8, 4) is 56.2 Å². The summed E-state index contributed by atoms with van der Waals surface area (Å²) in [7, 11) is 0. The highest BCUT2D eigenvalue weighted by molar-refractivity contribution is 7.18. The minimum atomic E-state index is 0.720. The van der Waals surface area contributed by atoms with Gasteiger partial charge in [-0.05, 0) is 57.6 Å². The van der Waals surface area contributed by atoms with Gasteiger partial charge in [0.2, 0.25) is 0 Å². The lowest BCUT2D eigenvalue weighted by Gasteiger charge is -2.15. The van der Waals surface area contributed by atoms with Crippen molar-refractivity contribution in [1.29, 1.82) is 0 Å². The average Bonchev–Trinajstić information content (AvgIpc) is 3.55. The number of hydrogen-bond donors (Lipinski definition) is 0. The van der Waals surface area contributed by atoms with E-state index in [2.05, 4.69) is 116 Å². The Morgan fingerprint density at radius 1 is 0.511 bits per heavy atom. The van der Waals surface area contributed by atoms with E-state index in [0.29, 0.717) is 0 Å². The number of thiazole rings is 1. The van der Waals surface area contributed by atoms with E-state index in [1.54, 1.807) is 11.3 Å². The fourth-order valence-corrected chi connectivity index (χ4v) is 6.94. The Balaban J connectivity index is 1.25. The third-order valence-electron chi connectivity index (χ3n) is 8.27. The Morgan fingerprint density at radius 2 is 1.13 bits per heavy atom. The molecule has 4 heteroatoms. The van der Waals surface area contributed by atoms with Crippen LogP contribution in [0.15, 0.2) is 146 Å². The molecule has 6 aromatic carbocycles. The van der Waals surface area contributed by atoms with Crippen molar-refractivity contribution < 1.29 is 0 Å². The van der Waals surface area contributed by atoms with Gasteiger partial charge in [-0.2, -0.15) is 0 Å². The van der Waals surface area contributed by atoms with E-state index in [1.807, 2.05) is 36.4 Å². The van der Waals surface area contributed by atoms with Crippen LogP contribution in [0.2, 0.25) is 0 Å². The van der Waals surface area contributed by atoms with Gasteiger partial charge in [0.15, 0.2) is 5.82 Å². The standard InChI is InChI=1S/C41H29N3S/c1-2-39-42-35-24-22-32(25-38(35)45-39)40-33-16-10-9-11-27(33)21-23-34(40)28-17-19-30(20-18-28)37-26-36(29-12-5-3-6-13-29)43-41(44-37)31-14-7-4-8-15-31/h3-26H,2H2,1H3. The number of aryl methyl sites for hydroxylation is 1. The average molecular weight is 596 g/mol. The van der Waals surface area contributed by atoms with Crippen LogP contribution < -0.4 is 0 Å². The molecule has 2 heterocycles. The molecule has 3 nitrogen and oxygen atoms in total. The second-order valence-electron chi connectivity index (χ2n) is 11.1. The third kappa shape index (κ3) is 5.20. The first-order valence-electron chi connectivity index (χ1n) is 15.3. The highest BCUT2D eigenvalue weighted by atomic mass is 32.1. The van der Waals surface area contributed by atoms with Gasteiger partial charge in [0, 0.05) is 16.7 Å². The first-order valence-corrected chi connectivity index (χ1v) is 16.1. The summed E-state index contributed by atoms with van der Waals surface area (Å²) >= 11 is 1.79. The van der Waals surface area contributed by atoms with Gasteiger partial charge in [-0.15, -0.1) is 11.3 Å². The maximum absolute atomic E-state index is 5.03. The Labute approximate surface area is 266 Å². The van der Waals surface area contributed by atoms with Crippen LogP contribution in [-0.4, -0.2) is 15.0 Å². The lowest BCUT2D eigenvalue weighted by atomic mass is 9.89. The van der Waals surface area contributed by atoms with Crippen LogP contribution in [0.1, 0.15) is 11.9 Å². The smallest absolute Gasteiger partial charge is 0.160 e. The predicted octanol–water partition coefficient (Wildman–Crippen LogP) is 11.1. The van der Waals surface area contributed by atoms with Crippen molar-refractivity contribution in [2.75, 3.05) is 0 Å². The molecule has 0 saturated carbocycles. The normalized spacial score (nSPS) is 11.3. The molecule has 0 fully saturated rings. The van der Waals surface area contributed by atoms with Crippen molar-refractivity contribution in [3.63, 3.8) is 0 Å². The molecular weight excluding hydrogens is 567 g/mol. The summed E-state index contributed by atoms with van der Waals surface area (Å²) < 4.78 is 1.23. The number of aromatic nitrogens is 3. The van der Waals surface area contributed by atoms with Gasteiger partial charge in [0.25, 0.3) is 0 Å². The Bertz CT molecular complexity index is 2230. The Hall–Kier alpha value is -5.45. The molecule has 0 radical (unpaired) electrons. The van der Waals surface area contributed by atoms with E-state index < -0.39 is 0 Å². The second kappa shape index (κ2) is 11.6. The van der Waals surface area contributed by atoms with Gasteiger partial charge in [0.1, 0.15) is 0 Å². The summed E-state index contributed by atoms with van der Waals surface area (Å²) in [5.74, 6) is 0.720. The Kier molecular flexibility index (Phi) is 6.97. The summed E-state index contributed by atoms with van der Waals surface area (Å²) in [6.45, 7) is 2.16. The molecule has 0 saturated heterocycles. The van der Waals surface area contributed by atoms with E-state index in [0.717, 1.165) is 45.8 Å². The molecule has 0 aliphatic rings. The number of hydrogen-bond acceptors (Lipinski definition) is 4. The molecule has 0 atom stereocenters. The summed E-state index contributed by atoms with van der Waals surface area (Å²) in [5.41, 5.74) is 10.8. The predicted molar refractivity (Wildman–Crippen MR) is 189 cm³/mol. The molecule has 2 aromatic heterocycles. The molecule has 45 heavy (non-hydrogen) atoms. The van der Waals surface area contributed by atoms with Crippen LogP contribution in [0.4, 0.5) is 0 Å². The number of benzene rings is 6. The quantitative estimate of drug-likeness (QED) is 0.192. The Morgan fingerprint density at radius 3 is 1.87 bits per heavy atom. The van der Waals surface area contributed by atoms with Crippen LogP contribution in [0.25, 0.3) is 77.1 Å². The van der Waals surface area contributed by atoms with Gasteiger partial charge in [-0.25, -0.2) is 15.0 Å². The molecule has 0 bridgehead atoms. The van der Waals surface area contributed by atoms with Crippen LogP contribution in [0.5, 0.6) is 0 Å². The van der Waals surface area contributed by atoms with E-state index in [9.17, 15) is 0 Å². The van der Waals surface area contributed by atoms with Crippen LogP contribution in [0, 0.1) is 0 Å². The van der Waals surface area contributed by atoms with Gasteiger partial charge < -0.3 is 0 Å². The van der Waals surface area contributed by atoms with Crippen molar-refractivity contribution in [3.05, 3.63) is 151 Å². The number of nitrogens with zero attached hydrogens (tertiary/aromatic N) is 3. The van der Waals surface area contributed by atoms with Crippen molar-refractivity contribution in [2.45, 2.75) is 13.3 Å². The molecule has 0 unspecified atom stereocenters. The molecular formula is C41H29N3S. The van der Waals surface area contributed by atoms with E-state index in [1.165, 1.54) is 42.7 Å². The van der Waals surface area contributed by atoms with Gasteiger partial charge in [-0.3, -0.25) is 0 Å². The molecule has 214 valence electrons.